The molecule has 1 fully saturated rings. The number of hydrogen-bond acceptors (Lipinski definition) is 3. The van der Waals surface area contributed by atoms with E-state index < -0.39 is 0 Å². The van der Waals surface area contributed by atoms with Crippen molar-refractivity contribution >= 4 is 63.8 Å². The van der Waals surface area contributed by atoms with Crippen molar-refractivity contribution in [3.63, 3.8) is 0 Å². The van der Waals surface area contributed by atoms with E-state index in [1.54, 1.807) is 48.5 Å². The van der Waals surface area contributed by atoms with Crippen LogP contribution in [-0.4, -0.2) is 16.0 Å². The summed E-state index contributed by atoms with van der Waals surface area (Å²) in [6.45, 7) is 0.0428. The molecule has 0 radical (unpaired) electrons. The molecule has 0 N–H and O–H groups in total. The van der Waals surface area contributed by atoms with Crippen LogP contribution in [0.15, 0.2) is 47.4 Å². The van der Waals surface area contributed by atoms with Crippen molar-refractivity contribution in [3.05, 3.63) is 73.6 Å². The summed E-state index contributed by atoms with van der Waals surface area (Å²) in [5, 5.41) is 1.09. The smallest absolute Gasteiger partial charge is 0.268 e. The molecule has 0 spiro atoms. The van der Waals surface area contributed by atoms with E-state index in [2.05, 4.69) is 0 Å². The van der Waals surface area contributed by atoms with Gasteiger partial charge in [-0.05, 0) is 47.7 Å². The van der Waals surface area contributed by atoms with Gasteiger partial charge in [0, 0.05) is 20.6 Å². The van der Waals surface area contributed by atoms with E-state index >= 15 is 0 Å². The second kappa shape index (κ2) is 7.19. The Hall–Kier alpha value is -1.46. The minimum absolute atomic E-state index is 0.0428. The zero-order valence-corrected chi connectivity index (χ0v) is 15.2. The molecule has 7 heteroatoms. The Morgan fingerprint density at radius 2 is 1.58 bits per heavy atom. The first-order valence-corrected chi connectivity index (χ1v) is 8.84. The third-order valence-corrected chi connectivity index (χ3v) is 5.29. The van der Waals surface area contributed by atoms with Crippen LogP contribution in [0.1, 0.15) is 11.1 Å². The Kier molecular flexibility index (Phi) is 5.21. The second-order valence-corrected chi connectivity index (χ2v) is 7.26. The number of carbonyl (C=O) groups excluding carboxylic acids is 2. The molecule has 3 nitrogen and oxygen atoms in total. The van der Waals surface area contributed by atoms with Gasteiger partial charge in [0.2, 0.25) is 0 Å². The molecular weight excluding hydrogens is 389 g/mol. The first-order chi connectivity index (χ1) is 11.5. The van der Waals surface area contributed by atoms with Crippen LogP contribution < -0.4 is 0 Å². The lowest BCUT2D eigenvalue weighted by atomic mass is 10.2. The van der Waals surface area contributed by atoms with Crippen molar-refractivity contribution in [2.24, 2.45) is 0 Å². The molecule has 2 amide bonds. The normalized spacial score (nSPS) is 16.3. The van der Waals surface area contributed by atoms with Gasteiger partial charge in [-0.25, -0.2) is 0 Å². The minimum Gasteiger partial charge on any atom is -0.268 e. The van der Waals surface area contributed by atoms with Crippen LogP contribution in [0.25, 0.3) is 6.08 Å². The first-order valence-electron chi connectivity index (χ1n) is 6.89. The quantitative estimate of drug-likeness (QED) is 0.606. The van der Waals surface area contributed by atoms with Gasteiger partial charge < -0.3 is 0 Å². The third kappa shape index (κ3) is 3.62. The number of nitrogens with zero attached hydrogens (tertiary/aromatic N) is 1. The largest absolute Gasteiger partial charge is 0.293 e. The summed E-state index contributed by atoms with van der Waals surface area (Å²) >= 11 is 19.0. The van der Waals surface area contributed by atoms with Crippen molar-refractivity contribution in [1.29, 1.82) is 0 Å². The first kappa shape index (κ1) is 17.4. The maximum Gasteiger partial charge on any atom is 0.293 e. The Morgan fingerprint density at radius 1 is 0.958 bits per heavy atom. The van der Waals surface area contributed by atoms with Crippen LogP contribution in [0.2, 0.25) is 15.1 Å². The zero-order chi connectivity index (χ0) is 17.3. The van der Waals surface area contributed by atoms with Gasteiger partial charge in [0.25, 0.3) is 11.1 Å². The molecule has 122 valence electrons. The fourth-order valence-electron chi connectivity index (χ4n) is 2.19. The molecule has 0 unspecified atom stereocenters. The molecule has 0 saturated carbocycles. The van der Waals surface area contributed by atoms with Gasteiger partial charge in [0.05, 0.1) is 11.4 Å². The molecular formula is C17H10Cl3NO2S. The van der Waals surface area contributed by atoms with Crippen molar-refractivity contribution in [3.8, 4) is 0 Å². The summed E-state index contributed by atoms with van der Waals surface area (Å²) in [6.07, 6.45) is 1.66. The highest BCUT2D eigenvalue weighted by Gasteiger charge is 2.35. The molecule has 0 atom stereocenters. The van der Waals surface area contributed by atoms with Crippen LogP contribution in [-0.2, 0) is 11.3 Å². The second-order valence-electron chi connectivity index (χ2n) is 5.02. The van der Waals surface area contributed by atoms with Crippen molar-refractivity contribution in [2.45, 2.75) is 6.54 Å². The van der Waals surface area contributed by atoms with Crippen LogP contribution in [0.3, 0.4) is 0 Å². The number of imide groups is 1. The van der Waals surface area contributed by atoms with Crippen LogP contribution in [0, 0.1) is 0 Å². The summed E-state index contributed by atoms with van der Waals surface area (Å²) in [5.41, 5.74) is 1.34. The number of thioether (sulfide) groups is 1. The standard InChI is InChI=1S/C17H10Cl3NO2S/c18-11-6-4-10(5-7-11)8-15-16(22)21(17(23)24-15)9-12-13(19)2-1-3-14(12)20/h1-8H,9H2. The lowest BCUT2D eigenvalue weighted by molar-refractivity contribution is -0.123. The van der Waals surface area contributed by atoms with Gasteiger partial charge in [-0.3, -0.25) is 14.5 Å². The maximum atomic E-state index is 12.5. The lowest BCUT2D eigenvalue weighted by Crippen LogP contribution is -2.27. The molecule has 1 heterocycles. The Bertz CT molecular complexity index is 829. The van der Waals surface area contributed by atoms with Gasteiger partial charge in [-0.1, -0.05) is 53.0 Å². The van der Waals surface area contributed by atoms with Gasteiger partial charge >= 0.3 is 0 Å². The van der Waals surface area contributed by atoms with E-state index in [0.717, 1.165) is 22.2 Å². The molecule has 0 aliphatic carbocycles. The monoisotopic (exact) mass is 397 g/mol. The molecule has 2 aromatic carbocycles. The maximum absolute atomic E-state index is 12.5. The Labute approximate surface area is 158 Å². The average molecular weight is 399 g/mol. The number of carbonyl (C=O) groups is 2. The highest BCUT2D eigenvalue weighted by atomic mass is 35.5. The number of amides is 2. The van der Waals surface area contributed by atoms with Gasteiger partial charge in [0.1, 0.15) is 0 Å². The number of rotatable bonds is 3. The topological polar surface area (TPSA) is 37.4 Å². The number of benzene rings is 2. The van der Waals surface area contributed by atoms with E-state index in [1.807, 2.05) is 0 Å². The predicted octanol–water partition coefficient (Wildman–Crippen LogP) is 5.88. The minimum atomic E-state index is -0.365. The van der Waals surface area contributed by atoms with E-state index in [4.69, 9.17) is 34.8 Å². The van der Waals surface area contributed by atoms with Crippen molar-refractivity contribution in [1.82, 2.24) is 4.90 Å². The van der Waals surface area contributed by atoms with Crippen molar-refractivity contribution in [2.75, 3.05) is 0 Å². The highest BCUT2D eigenvalue weighted by molar-refractivity contribution is 8.18. The number of hydrogen-bond donors (Lipinski definition) is 0. The van der Waals surface area contributed by atoms with Gasteiger partial charge in [0.15, 0.2) is 0 Å². The molecule has 0 bridgehead atoms. The van der Waals surface area contributed by atoms with Crippen LogP contribution in [0.5, 0.6) is 0 Å². The van der Waals surface area contributed by atoms with Crippen LogP contribution >= 0.6 is 46.6 Å². The molecule has 3 rings (SSSR count). The molecule has 1 aliphatic heterocycles. The molecule has 24 heavy (non-hydrogen) atoms. The zero-order valence-electron chi connectivity index (χ0n) is 12.1. The molecule has 1 saturated heterocycles. The van der Waals surface area contributed by atoms with E-state index in [1.165, 1.54) is 0 Å². The summed E-state index contributed by atoms with van der Waals surface area (Å²) in [7, 11) is 0. The third-order valence-electron chi connectivity index (χ3n) is 3.42. The van der Waals surface area contributed by atoms with E-state index in [-0.39, 0.29) is 17.7 Å². The van der Waals surface area contributed by atoms with Gasteiger partial charge in [-0.15, -0.1) is 0 Å². The average Bonchev–Trinajstić information content (AvgIpc) is 2.80. The van der Waals surface area contributed by atoms with Gasteiger partial charge in [-0.2, -0.15) is 0 Å². The fraction of sp³-hybridized carbons (Fsp3) is 0.0588. The summed E-state index contributed by atoms with van der Waals surface area (Å²) in [5.74, 6) is -0.365. The Morgan fingerprint density at radius 3 is 2.21 bits per heavy atom. The Balaban J connectivity index is 1.85. The molecule has 1 aliphatic rings. The number of halogens is 3. The molecule has 0 aromatic heterocycles. The summed E-state index contributed by atoms with van der Waals surface area (Å²) < 4.78 is 0. The predicted molar refractivity (Wildman–Crippen MR) is 99.4 cm³/mol. The SMILES string of the molecule is O=C1SC(=Cc2ccc(Cl)cc2)C(=O)N1Cc1c(Cl)cccc1Cl. The lowest BCUT2D eigenvalue weighted by Gasteiger charge is -2.14. The van der Waals surface area contributed by atoms with E-state index in [0.29, 0.717) is 25.5 Å². The summed E-state index contributed by atoms with van der Waals surface area (Å²) in [4.78, 5) is 26.2. The fourth-order valence-corrected chi connectivity index (χ4v) is 3.67. The van der Waals surface area contributed by atoms with Crippen molar-refractivity contribution < 1.29 is 9.59 Å². The summed E-state index contributed by atoms with van der Waals surface area (Å²) in [6, 6.07) is 12.1. The highest BCUT2D eigenvalue weighted by Crippen LogP contribution is 2.35. The van der Waals surface area contributed by atoms with Crippen LogP contribution in [0.4, 0.5) is 4.79 Å². The van der Waals surface area contributed by atoms with E-state index in [9.17, 15) is 9.59 Å². The molecule has 2 aromatic rings.